The van der Waals surface area contributed by atoms with Crippen LogP contribution in [-0.4, -0.2) is 15.9 Å². The Morgan fingerprint density at radius 1 is 1.39 bits per heavy atom. The third-order valence-corrected chi connectivity index (χ3v) is 2.52. The van der Waals surface area contributed by atoms with Gasteiger partial charge in [-0.25, -0.2) is 13.8 Å². The van der Waals surface area contributed by atoms with Crippen LogP contribution in [0.15, 0.2) is 24.5 Å². The number of hydrogen-bond acceptors (Lipinski definition) is 2. The molecule has 2 rings (SSSR count). The highest BCUT2D eigenvalue weighted by molar-refractivity contribution is 6.30. The topological polar surface area (TPSA) is 57.8 Å². The van der Waals surface area contributed by atoms with E-state index < -0.39 is 23.1 Å². The number of aromatic nitrogens is 2. The van der Waals surface area contributed by atoms with Crippen molar-refractivity contribution in [3.63, 3.8) is 0 Å². The van der Waals surface area contributed by atoms with Crippen LogP contribution in [0.4, 0.5) is 8.78 Å². The number of halogens is 3. The van der Waals surface area contributed by atoms with Crippen molar-refractivity contribution in [2.24, 2.45) is 0 Å². The standard InChI is InChI=1S/C11H8ClF2N3O/c12-7-4-8(13)6(3-9(7)14)11(18)17-5-10-15-1-2-16-10/h1-4H,5H2,(H,15,16)(H,17,18). The summed E-state index contributed by atoms with van der Waals surface area (Å²) in [7, 11) is 0. The molecule has 1 aromatic carbocycles. The molecule has 0 saturated carbocycles. The zero-order valence-electron chi connectivity index (χ0n) is 9.01. The van der Waals surface area contributed by atoms with E-state index in [4.69, 9.17) is 11.6 Å². The Morgan fingerprint density at radius 3 is 2.83 bits per heavy atom. The van der Waals surface area contributed by atoms with Crippen LogP contribution in [-0.2, 0) is 6.54 Å². The zero-order valence-corrected chi connectivity index (χ0v) is 9.76. The fourth-order valence-corrected chi connectivity index (χ4v) is 1.50. The van der Waals surface area contributed by atoms with Gasteiger partial charge in [-0.2, -0.15) is 0 Å². The van der Waals surface area contributed by atoms with Crippen molar-refractivity contribution in [3.05, 3.63) is 52.6 Å². The first-order chi connectivity index (χ1) is 8.58. The molecule has 0 bridgehead atoms. The first-order valence-electron chi connectivity index (χ1n) is 4.99. The smallest absolute Gasteiger partial charge is 0.254 e. The molecule has 0 saturated heterocycles. The van der Waals surface area contributed by atoms with Gasteiger partial charge in [0.2, 0.25) is 0 Å². The Hall–Kier alpha value is -1.95. The SMILES string of the molecule is O=C(NCc1ncc[nH]1)c1cc(F)c(Cl)cc1F. The summed E-state index contributed by atoms with van der Waals surface area (Å²) in [5, 5.41) is 2.04. The second-order valence-corrected chi connectivity index (χ2v) is 3.87. The van der Waals surface area contributed by atoms with E-state index >= 15 is 0 Å². The van der Waals surface area contributed by atoms with Gasteiger partial charge >= 0.3 is 0 Å². The molecule has 0 unspecified atom stereocenters. The third-order valence-electron chi connectivity index (χ3n) is 2.23. The van der Waals surface area contributed by atoms with Crippen molar-refractivity contribution < 1.29 is 13.6 Å². The van der Waals surface area contributed by atoms with Crippen LogP contribution in [0.1, 0.15) is 16.2 Å². The average Bonchev–Trinajstić information content (AvgIpc) is 2.84. The largest absolute Gasteiger partial charge is 0.347 e. The minimum absolute atomic E-state index is 0.0928. The summed E-state index contributed by atoms with van der Waals surface area (Å²) in [6.07, 6.45) is 3.11. The Labute approximate surface area is 106 Å². The highest BCUT2D eigenvalue weighted by atomic mass is 35.5. The molecule has 1 amide bonds. The molecule has 0 aliphatic rings. The van der Waals surface area contributed by atoms with Crippen molar-refractivity contribution >= 4 is 17.5 Å². The van der Waals surface area contributed by atoms with Crippen LogP contribution >= 0.6 is 11.6 Å². The van der Waals surface area contributed by atoms with Crippen molar-refractivity contribution in [2.45, 2.75) is 6.54 Å². The molecule has 1 heterocycles. The molecule has 2 N–H and O–H groups in total. The fourth-order valence-electron chi connectivity index (χ4n) is 1.35. The maximum absolute atomic E-state index is 13.4. The number of hydrogen-bond donors (Lipinski definition) is 2. The number of aromatic amines is 1. The monoisotopic (exact) mass is 271 g/mol. The van der Waals surface area contributed by atoms with Gasteiger partial charge in [0.25, 0.3) is 5.91 Å². The molecule has 7 heteroatoms. The molecule has 94 valence electrons. The molecule has 18 heavy (non-hydrogen) atoms. The third kappa shape index (κ3) is 2.65. The van der Waals surface area contributed by atoms with E-state index in [0.717, 1.165) is 12.1 Å². The highest BCUT2D eigenvalue weighted by Gasteiger charge is 2.15. The molecule has 0 fully saturated rings. The summed E-state index contributed by atoms with van der Waals surface area (Å²) in [5.74, 6) is -1.95. The minimum atomic E-state index is -0.877. The fraction of sp³-hybridized carbons (Fsp3) is 0.0909. The summed E-state index contributed by atoms with van der Waals surface area (Å²) < 4.78 is 26.5. The average molecular weight is 272 g/mol. The number of H-pyrrole nitrogens is 1. The maximum atomic E-state index is 13.4. The summed E-state index contributed by atoms with van der Waals surface area (Å²) in [4.78, 5) is 18.3. The Morgan fingerprint density at radius 2 is 2.17 bits per heavy atom. The summed E-state index contributed by atoms with van der Waals surface area (Å²) >= 11 is 5.39. The molecular weight excluding hydrogens is 264 g/mol. The van der Waals surface area contributed by atoms with E-state index in [9.17, 15) is 13.6 Å². The number of amides is 1. The van der Waals surface area contributed by atoms with E-state index in [1.807, 2.05) is 0 Å². The van der Waals surface area contributed by atoms with Gasteiger partial charge in [-0.3, -0.25) is 4.79 Å². The lowest BCUT2D eigenvalue weighted by atomic mass is 10.2. The van der Waals surface area contributed by atoms with Crippen LogP contribution in [0.2, 0.25) is 5.02 Å². The van der Waals surface area contributed by atoms with Crippen molar-refractivity contribution in [1.29, 1.82) is 0 Å². The normalized spacial score (nSPS) is 10.4. The van der Waals surface area contributed by atoms with Crippen molar-refractivity contribution in [1.82, 2.24) is 15.3 Å². The Bertz CT molecular complexity index is 572. The molecule has 0 spiro atoms. The van der Waals surface area contributed by atoms with E-state index in [-0.39, 0.29) is 11.6 Å². The lowest BCUT2D eigenvalue weighted by Gasteiger charge is -2.05. The van der Waals surface area contributed by atoms with E-state index in [1.54, 1.807) is 6.20 Å². The van der Waals surface area contributed by atoms with E-state index in [1.165, 1.54) is 6.20 Å². The predicted octanol–water partition coefficient (Wildman–Crippen LogP) is 2.27. The number of imidazole rings is 1. The quantitative estimate of drug-likeness (QED) is 0.842. The van der Waals surface area contributed by atoms with Gasteiger partial charge in [0.1, 0.15) is 17.5 Å². The summed E-state index contributed by atoms with van der Waals surface area (Å²) in [6.45, 7) is 0.0928. The minimum Gasteiger partial charge on any atom is -0.347 e. The number of benzene rings is 1. The molecule has 0 aliphatic carbocycles. The van der Waals surface area contributed by atoms with Gasteiger partial charge in [0.15, 0.2) is 0 Å². The summed E-state index contributed by atoms with van der Waals surface area (Å²) in [6, 6.07) is 1.52. The first-order valence-corrected chi connectivity index (χ1v) is 5.36. The highest BCUT2D eigenvalue weighted by Crippen LogP contribution is 2.19. The van der Waals surface area contributed by atoms with Gasteiger partial charge in [-0.05, 0) is 12.1 Å². The van der Waals surface area contributed by atoms with Crippen LogP contribution in [0.3, 0.4) is 0 Å². The number of carbonyl (C=O) groups excluding carboxylic acids is 1. The second kappa shape index (κ2) is 5.14. The van der Waals surface area contributed by atoms with Gasteiger partial charge in [-0.1, -0.05) is 11.6 Å². The van der Waals surface area contributed by atoms with Crippen LogP contribution in [0.25, 0.3) is 0 Å². The van der Waals surface area contributed by atoms with E-state index in [2.05, 4.69) is 15.3 Å². The lowest BCUT2D eigenvalue weighted by molar-refractivity contribution is 0.0945. The molecule has 0 radical (unpaired) electrons. The number of nitrogens with zero attached hydrogens (tertiary/aromatic N) is 1. The predicted molar refractivity (Wildman–Crippen MR) is 61.1 cm³/mol. The molecule has 0 atom stereocenters. The molecular formula is C11H8ClF2N3O. The maximum Gasteiger partial charge on any atom is 0.254 e. The van der Waals surface area contributed by atoms with Crippen LogP contribution < -0.4 is 5.32 Å². The Kier molecular flexibility index (Phi) is 3.57. The molecule has 1 aromatic heterocycles. The molecule has 4 nitrogen and oxygen atoms in total. The van der Waals surface area contributed by atoms with Gasteiger partial charge < -0.3 is 10.3 Å². The summed E-state index contributed by atoms with van der Waals surface area (Å²) in [5.41, 5.74) is -0.400. The molecule has 2 aromatic rings. The van der Waals surface area contributed by atoms with Gasteiger partial charge in [-0.15, -0.1) is 0 Å². The van der Waals surface area contributed by atoms with Crippen molar-refractivity contribution in [3.8, 4) is 0 Å². The van der Waals surface area contributed by atoms with Gasteiger partial charge in [0.05, 0.1) is 17.1 Å². The van der Waals surface area contributed by atoms with E-state index in [0.29, 0.717) is 5.82 Å². The van der Waals surface area contributed by atoms with Crippen LogP contribution in [0, 0.1) is 11.6 Å². The number of nitrogens with one attached hydrogen (secondary N) is 2. The zero-order chi connectivity index (χ0) is 13.1. The first kappa shape index (κ1) is 12.5. The lowest BCUT2D eigenvalue weighted by Crippen LogP contribution is -2.24. The number of rotatable bonds is 3. The van der Waals surface area contributed by atoms with Gasteiger partial charge in [0, 0.05) is 12.4 Å². The Balaban J connectivity index is 2.11. The van der Waals surface area contributed by atoms with Crippen LogP contribution in [0.5, 0.6) is 0 Å². The van der Waals surface area contributed by atoms with Crippen molar-refractivity contribution in [2.75, 3.05) is 0 Å². The molecule has 0 aliphatic heterocycles. The second-order valence-electron chi connectivity index (χ2n) is 3.46. The number of carbonyl (C=O) groups is 1.